The lowest BCUT2D eigenvalue weighted by Gasteiger charge is -2.12. The summed E-state index contributed by atoms with van der Waals surface area (Å²) in [4.78, 5) is 48.6. The Kier molecular flexibility index (Phi) is 40.4. The number of nitrogens with zero attached hydrogens (tertiary/aromatic N) is 6. The molecule has 9 aromatic carbocycles. The van der Waals surface area contributed by atoms with Crippen LogP contribution in [0.5, 0.6) is 23.0 Å². The molecule has 0 atom stereocenters. The van der Waals surface area contributed by atoms with Gasteiger partial charge in [0.25, 0.3) is 0 Å². The Bertz CT molecular complexity index is 4520. The van der Waals surface area contributed by atoms with Crippen LogP contribution >= 0.6 is 11.6 Å². The molecule has 13 rings (SSSR count). The third-order valence-electron chi connectivity index (χ3n) is 15.0. The molecular formula is C84H105ClF2N12O6. The highest BCUT2D eigenvalue weighted by Crippen LogP contribution is 2.32. The summed E-state index contributed by atoms with van der Waals surface area (Å²) in [7, 11) is 0. The molecule has 0 fully saturated rings. The number of hydrogen-bond acceptors (Lipinski definition) is 12. The smallest absolute Gasteiger partial charge is 0.239 e. The zero-order chi connectivity index (χ0) is 76.9. The van der Waals surface area contributed by atoms with Crippen molar-refractivity contribution in [1.82, 2.24) is 39.3 Å². The van der Waals surface area contributed by atoms with Crippen LogP contribution in [0, 0.1) is 11.6 Å². The third-order valence-corrected chi connectivity index (χ3v) is 15.2. The van der Waals surface area contributed by atoms with Gasteiger partial charge in [0.15, 0.2) is 0 Å². The molecule has 0 spiro atoms. The van der Waals surface area contributed by atoms with Crippen LogP contribution < -0.4 is 37.1 Å². The maximum atomic E-state index is 13.4. The number of benzene rings is 9. The molecule has 0 unspecified atom stereocenters. The van der Waals surface area contributed by atoms with Gasteiger partial charge in [-0.05, 0) is 124 Å². The van der Waals surface area contributed by atoms with E-state index in [-0.39, 0.29) is 59.8 Å². The predicted octanol–water partition coefficient (Wildman–Crippen LogP) is 18.1. The number of halogens is 3. The average molecular weight is 1450 g/mol. The summed E-state index contributed by atoms with van der Waals surface area (Å²) < 4.78 is 38.6. The van der Waals surface area contributed by atoms with Crippen molar-refractivity contribution in [1.29, 1.82) is 0 Å². The number of hydrogen-bond donors (Lipinski definition) is 8. The number of carbonyl (C=O) groups is 3. The lowest BCUT2D eigenvalue weighted by atomic mass is 10.1. The predicted molar refractivity (Wildman–Crippen MR) is 429 cm³/mol. The third kappa shape index (κ3) is 28.4. The Hall–Kier alpha value is -10.8. The Balaban J connectivity index is 0.000000292. The molecule has 21 heteroatoms. The van der Waals surface area contributed by atoms with E-state index in [9.17, 15) is 33.4 Å². The molecule has 0 saturated heterocycles. The number of amides is 3. The number of anilines is 3. The van der Waals surface area contributed by atoms with Gasteiger partial charge in [-0.3, -0.25) is 14.4 Å². The monoisotopic (exact) mass is 1450 g/mol. The number of phenols is 2. The Morgan fingerprint density at radius 2 is 1.07 bits per heavy atom. The molecule has 558 valence electrons. The van der Waals surface area contributed by atoms with Gasteiger partial charge in [-0.2, -0.15) is 0 Å². The number of nitrogens with one attached hydrogen (secondary N) is 5. The van der Waals surface area contributed by atoms with E-state index in [1.54, 1.807) is 79.6 Å². The van der Waals surface area contributed by atoms with E-state index in [4.69, 9.17) is 22.1 Å². The van der Waals surface area contributed by atoms with Gasteiger partial charge in [-0.15, -0.1) is 11.6 Å². The van der Waals surface area contributed by atoms with Gasteiger partial charge in [0.2, 0.25) is 17.7 Å². The Morgan fingerprint density at radius 1 is 0.562 bits per heavy atom. The van der Waals surface area contributed by atoms with E-state index >= 15 is 0 Å². The number of imidazole rings is 3. The van der Waals surface area contributed by atoms with Crippen molar-refractivity contribution in [3.05, 3.63) is 265 Å². The molecule has 9 N–H and O–H groups in total. The first kappa shape index (κ1) is 86.6. The molecular weight excluding hydrogens is 1350 g/mol. The van der Waals surface area contributed by atoms with Gasteiger partial charge in [0, 0.05) is 127 Å². The zero-order valence-corrected chi connectivity index (χ0v) is 63.4. The van der Waals surface area contributed by atoms with Crippen LogP contribution in [0.15, 0.2) is 220 Å². The van der Waals surface area contributed by atoms with Crippen molar-refractivity contribution in [2.75, 3.05) is 54.6 Å². The first-order chi connectivity index (χ1) is 51.3. The number of ether oxygens (including phenoxy) is 1. The molecule has 3 aromatic heterocycles. The molecule has 1 aliphatic rings. The number of rotatable bonds is 14. The highest BCUT2D eigenvalue weighted by atomic mass is 35.5. The molecule has 4 heterocycles. The number of nitrogens with two attached hydrogens (primary N) is 1. The van der Waals surface area contributed by atoms with Gasteiger partial charge >= 0.3 is 0 Å². The molecule has 0 saturated carbocycles. The summed E-state index contributed by atoms with van der Waals surface area (Å²) in [6.07, 6.45) is 12.8. The normalized spacial score (nSPS) is 11.0. The number of aromatic nitrogens is 6. The summed E-state index contributed by atoms with van der Waals surface area (Å²) in [6, 6.07) is 54.3. The van der Waals surface area contributed by atoms with Crippen LogP contribution in [-0.4, -0.2) is 95.2 Å². The summed E-state index contributed by atoms with van der Waals surface area (Å²) in [6.45, 7) is 28.4. The van der Waals surface area contributed by atoms with Crippen molar-refractivity contribution in [3.63, 3.8) is 0 Å². The summed E-state index contributed by atoms with van der Waals surface area (Å²) >= 11 is 5.42. The quantitative estimate of drug-likeness (QED) is 0.0375. The van der Waals surface area contributed by atoms with E-state index in [1.807, 2.05) is 202 Å². The molecule has 18 nitrogen and oxygen atoms in total. The van der Waals surface area contributed by atoms with Crippen molar-refractivity contribution >= 4 is 78.7 Å². The van der Waals surface area contributed by atoms with E-state index in [2.05, 4.69) is 58.2 Å². The lowest BCUT2D eigenvalue weighted by Crippen LogP contribution is -2.30. The molecule has 1 aliphatic heterocycles. The first-order valence-corrected chi connectivity index (χ1v) is 36.6. The van der Waals surface area contributed by atoms with Crippen LogP contribution in [0.1, 0.15) is 117 Å². The minimum absolute atomic E-state index is 0.0735. The number of carbonyl (C=O) groups excluding carboxylic acids is 3. The van der Waals surface area contributed by atoms with E-state index in [0.29, 0.717) is 50.4 Å². The van der Waals surface area contributed by atoms with Crippen molar-refractivity contribution in [3.8, 4) is 23.0 Å². The number of phenolic OH excluding ortho intramolecular Hbond substituents is 2. The second kappa shape index (κ2) is 49.0. The molecule has 0 radical (unpaired) electrons. The second-order valence-corrected chi connectivity index (χ2v) is 22.1. The average Bonchev–Trinajstić information content (AvgIpc) is 1.40. The van der Waals surface area contributed by atoms with Gasteiger partial charge in [-0.25, -0.2) is 23.7 Å². The van der Waals surface area contributed by atoms with Crippen molar-refractivity contribution < 1.29 is 38.1 Å². The van der Waals surface area contributed by atoms with Crippen LogP contribution in [0.25, 0.3) is 32.3 Å². The molecule has 12 aromatic rings. The fourth-order valence-electron chi connectivity index (χ4n) is 10.5. The molecule has 0 aliphatic carbocycles. The number of fused-ring (bicyclic) bond motifs is 6. The highest BCUT2D eigenvalue weighted by molar-refractivity contribution is 6.29. The maximum absolute atomic E-state index is 13.4. The van der Waals surface area contributed by atoms with Gasteiger partial charge < -0.3 is 61.0 Å². The standard InChI is InChI=1S/C24H23FN4O2.C24H22N4O2.C12H10ClNO2.C12H14FN3.6C2H6/c25-19-5-1-3-17(11-19)12-20-14-27-16-29(20)10-9-26-15-24(31)28-23-6-2-4-18-7-8-21(30)13-22(18)23;29-24-15-25-9-10-28-16-26-14-19(28)11-17-3-1-5-20(12-17)30-21-8-7-18-4-2-6-23(27-24)22(18)13-21;13-7-12(16)14-11-3-1-2-8-4-5-9(15)6-10(8)11;13-11-3-1-2-10(6-11)7-12-8-15-9-16(12)5-4-14;6*1-2/h1-8,11,13-14,16,26,30H,9-10,12,15H2,(H,28,31);1-8,12-14,16,25H,9-11,15H2,(H,27,29);1-6,15H,7H2,(H,14,16);1-3,6,8-9H,4-5,7,14H2;6*1-2H3. The van der Waals surface area contributed by atoms with Crippen LogP contribution in [0.4, 0.5) is 25.8 Å². The first-order valence-electron chi connectivity index (χ1n) is 36.1. The maximum Gasteiger partial charge on any atom is 0.239 e. The lowest BCUT2D eigenvalue weighted by molar-refractivity contribution is -0.116. The number of aromatic hydroxyl groups is 2. The largest absolute Gasteiger partial charge is 0.508 e. The van der Waals surface area contributed by atoms with Crippen LogP contribution in [0.2, 0.25) is 0 Å². The summed E-state index contributed by atoms with van der Waals surface area (Å²) in [5.74, 6) is 0.783. The fraction of sp³-hybridized carbons (Fsp3) is 0.286. The SMILES string of the molecule is CC.CC.CC.CC.CC.CC.NCCn1cncc1Cc1cccc(F)c1.O=C(CCl)Nc1cccc2ccc(O)cc12.O=C(CNCCn1cncc1Cc1cccc(F)c1)Nc1cccc2ccc(O)cc12.O=C1CNCCn2cncc2Cc2cccc(c2)Oc2ccc3cccc(c3c2)N1. The zero-order valence-electron chi connectivity index (χ0n) is 62.7. The second-order valence-electron chi connectivity index (χ2n) is 21.8. The van der Waals surface area contributed by atoms with Gasteiger partial charge in [0.05, 0.1) is 32.1 Å². The molecule has 105 heavy (non-hydrogen) atoms. The van der Waals surface area contributed by atoms with E-state index in [0.717, 1.165) is 103 Å². The summed E-state index contributed by atoms with van der Waals surface area (Å²) in [5.41, 5.74) is 13.7. The summed E-state index contributed by atoms with van der Waals surface area (Å²) in [5, 5.41) is 39.5. The fourth-order valence-corrected chi connectivity index (χ4v) is 10.6. The van der Waals surface area contributed by atoms with Crippen molar-refractivity contribution in [2.24, 2.45) is 5.73 Å². The van der Waals surface area contributed by atoms with Gasteiger partial charge in [0.1, 0.15) is 40.5 Å². The van der Waals surface area contributed by atoms with Crippen LogP contribution in [0.3, 0.4) is 0 Å². The van der Waals surface area contributed by atoms with E-state index < -0.39 is 0 Å². The van der Waals surface area contributed by atoms with Gasteiger partial charge in [-0.1, -0.05) is 174 Å². The highest BCUT2D eigenvalue weighted by Gasteiger charge is 2.13. The van der Waals surface area contributed by atoms with Crippen LogP contribution in [-0.2, 0) is 53.3 Å². The molecule has 4 bridgehead atoms. The molecule has 3 amide bonds. The number of alkyl halides is 1. The van der Waals surface area contributed by atoms with E-state index in [1.165, 1.54) is 18.2 Å². The minimum atomic E-state index is -0.266. The minimum Gasteiger partial charge on any atom is -0.508 e. The Morgan fingerprint density at radius 3 is 1.63 bits per heavy atom. The Labute approximate surface area is 623 Å². The topological polar surface area (TPSA) is 241 Å². The van der Waals surface area contributed by atoms with Crippen molar-refractivity contribution in [2.45, 2.75) is 122 Å².